The van der Waals surface area contributed by atoms with Gasteiger partial charge in [-0.1, -0.05) is 11.9 Å². The molecule has 0 aromatic rings. The zero-order valence-corrected chi connectivity index (χ0v) is 6.13. The van der Waals surface area contributed by atoms with Gasteiger partial charge in [0.1, 0.15) is 0 Å². The van der Waals surface area contributed by atoms with Crippen molar-refractivity contribution in [1.29, 1.82) is 0 Å². The lowest BCUT2D eigenvalue weighted by Crippen LogP contribution is -2.10. The van der Waals surface area contributed by atoms with Crippen molar-refractivity contribution in [2.45, 2.75) is 13.3 Å². The third kappa shape index (κ3) is 7.75. The Labute approximate surface area is 58.3 Å². The first kappa shape index (κ1) is 8.75. The van der Waals surface area contributed by atoms with Gasteiger partial charge in [0.25, 0.3) is 0 Å². The van der Waals surface area contributed by atoms with Crippen molar-refractivity contribution in [1.82, 2.24) is 4.72 Å². The van der Waals surface area contributed by atoms with Crippen LogP contribution in [0.5, 0.6) is 0 Å². The van der Waals surface area contributed by atoms with Crippen molar-refractivity contribution < 1.29 is 9.18 Å². The lowest BCUT2D eigenvalue weighted by atomic mass is 10.6. The maximum atomic E-state index is 11.4. The molecule has 0 aliphatic heterocycles. The Hall–Kier alpha value is -0.250. The molecule has 0 radical (unpaired) electrons. The van der Waals surface area contributed by atoms with Gasteiger partial charge >= 0.3 is 0 Å². The van der Waals surface area contributed by atoms with Crippen LogP contribution in [-0.4, -0.2) is 18.3 Å². The molecule has 0 saturated carbocycles. The lowest BCUT2D eigenvalue weighted by Gasteiger charge is -1.96. The van der Waals surface area contributed by atoms with Crippen LogP contribution in [-0.2, 0) is 4.79 Å². The molecular formula is C5H10FNOS. The first-order valence-corrected chi connectivity index (χ1v) is 3.70. The van der Waals surface area contributed by atoms with Crippen molar-refractivity contribution in [2.24, 2.45) is 0 Å². The number of alkyl halides is 1. The predicted octanol–water partition coefficient (Wildman–Crippen LogP) is 1.13. The number of carbonyl (C=O) groups excluding carboxylic acids is 1. The minimum absolute atomic E-state index is 0.0844. The highest BCUT2D eigenvalue weighted by Crippen LogP contribution is 1.95. The molecule has 0 spiro atoms. The highest BCUT2D eigenvalue weighted by molar-refractivity contribution is 7.97. The Morgan fingerprint density at radius 2 is 2.44 bits per heavy atom. The van der Waals surface area contributed by atoms with Gasteiger partial charge in [0.05, 0.1) is 6.67 Å². The Morgan fingerprint density at radius 3 is 2.89 bits per heavy atom. The molecule has 0 fully saturated rings. The van der Waals surface area contributed by atoms with E-state index in [9.17, 15) is 9.18 Å². The zero-order chi connectivity index (χ0) is 7.11. The smallest absolute Gasteiger partial charge is 0.226 e. The number of nitrogens with one attached hydrogen (secondary N) is 1. The molecule has 0 aromatic carbocycles. The van der Waals surface area contributed by atoms with Gasteiger partial charge in [-0.25, -0.2) is 0 Å². The predicted molar refractivity (Wildman–Crippen MR) is 36.9 cm³/mol. The van der Waals surface area contributed by atoms with Crippen molar-refractivity contribution in [3.8, 4) is 0 Å². The van der Waals surface area contributed by atoms with Crippen molar-refractivity contribution >= 4 is 17.9 Å². The molecular weight excluding hydrogens is 141 g/mol. The summed E-state index contributed by atoms with van der Waals surface area (Å²) in [5, 5.41) is 0. The standard InChI is InChI=1S/C5H10FNOS/c1-5(8)7-9-4-2-3-6/h2-4H2,1H3,(H,7,8). The van der Waals surface area contributed by atoms with Gasteiger partial charge in [-0.05, 0) is 6.42 Å². The van der Waals surface area contributed by atoms with Crippen molar-refractivity contribution in [3.05, 3.63) is 0 Å². The van der Waals surface area contributed by atoms with E-state index in [1.165, 1.54) is 18.9 Å². The Morgan fingerprint density at radius 1 is 1.78 bits per heavy atom. The van der Waals surface area contributed by atoms with Crippen LogP contribution >= 0.6 is 11.9 Å². The number of amides is 1. The molecule has 9 heavy (non-hydrogen) atoms. The molecule has 2 nitrogen and oxygen atoms in total. The van der Waals surface area contributed by atoms with Crippen LogP contribution in [0, 0.1) is 0 Å². The van der Waals surface area contributed by atoms with Crippen molar-refractivity contribution in [3.63, 3.8) is 0 Å². The van der Waals surface area contributed by atoms with Gasteiger partial charge in [0.15, 0.2) is 0 Å². The summed E-state index contributed by atoms with van der Waals surface area (Å²) in [5.74, 6) is 0.564. The summed E-state index contributed by atoms with van der Waals surface area (Å²) in [7, 11) is 0. The Balaban J connectivity index is 2.83. The quantitative estimate of drug-likeness (QED) is 0.482. The molecule has 0 heterocycles. The third-order valence-electron chi connectivity index (χ3n) is 0.596. The molecule has 0 atom stereocenters. The van der Waals surface area contributed by atoms with Crippen molar-refractivity contribution in [2.75, 3.05) is 12.4 Å². The number of carbonyl (C=O) groups is 1. The molecule has 0 rings (SSSR count). The third-order valence-corrected chi connectivity index (χ3v) is 1.52. The van der Waals surface area contributed by atoms with Crippen LogP contribution in [0.15, 0.2) is 0 Å². The van der Waals surface area contributed by atoms with Gasteiger partial charge in [-0.3, -0.25) is 9.18 Å². The SMILES string of the molecule is CC(=O)NSCCCF. The molecule has 0 saturated heterocycles. The summed E-state index contributed by atoms with van der Waals surface area (Å²) in [5.41, 5.74) is 0. The number of hydrogen-bond acceptors (Lipinski definition) is 2. The summed E-state index contributed by atoms with van der Waals surface area (Å²) >= 11 is 1.25. The second-order valence-electron chi connectivity index (χ2n) is 1.55. The normalized spacial score (nSPS) is 9.11. The maximum absolute atomic E-state index is 11.4. The van der Waals surface area contributed by atoms with E-state index in [0.717, 1.165) is 0 Å². The van der Waals surface area contributed by atoms with E-state index < -0.39 is 0 Å². The number of rotatable bonds is 4. The van der Waals surface area contributed by atoms with E-state index in [1.54, 1.807) is 0 Å². The van der Waals surface area contributed by atoms with Crippen LogP contribution in [0.2, 0.25) is 0 Å². The molecule has 0 aliphatic rings. The summed E-state index contributed by atoms with van der Waals surface area (Å²) < 4.78 is 13.9. The van der Waals surface area contributed by atoms with E-state index in [4.69, 9.17) is 0 Å². The lowest BCUT2D eigenvalue weighted by molar-refractivity contribution is -0.117. The van der Waals surface area contributed by atoms with E-state index in [1.807, 2.05) is 0 Å². The minimum atomic E-state index is -0.313. The molecule has 54 valence electrons. The topological polar surface area (TPSA) is 29.1 Å². The van der Waals surface area contributed by atoms with Gasteiger partial charge in [-0.2, -0.15) is 0 Å². The largest absolute Gasteiger partial charge is 0.300 e. The maximum Gasteiger partial charge on any atom is 0.226 e. The highest BCUT2D eigenvalue weighted by Gasteiger charge is 1.89. The number of hydrogen-bond donors (Lipinski definition) is 1. The molecule has 0 aliphatic carbocycles. The average molecular weight is 151 g/mol. The molecule has 1 N–H and O–H groups in total. The molecule has 4 heteroatoms. The summed E-state index contributed by atoms with van der Waals surface area (Å²) in [6.45, 7) is 1.12. The summed E-state index contributed by atoms with van der Waals surface area (Å²) in [6, 6.07) is 0. The van der Waals surface area contributed by atoms with Crippen LogP contribution in [0.3, 0.4) is 0 Å². The van der Waals surface area contributed by atoms with Gasteiger partial charge in [0, 0.05) is 12.7 Å². The van der Waals surface area contributed by atoms with Crippen LogP contribution in [0.1, 0.15) is 13.3 Å². The fourth-order valence-corrected chi connectivity index (χ4v) is 0.838. The van der Waals surface area contributed by atoms with E-state index >= 15 is 0 Å². The minimum Gasteiger partial charge on any atom is -0.300 e. The van der Waals surface area contributed by atoms with Gasteiger partial charge in [0.2, 0.25) is 5.91 Å². The Bertz CT molecular complexity index is 89.0. The first-order chi connectivity index (χ1) is 4.27. The summed E-state index contributed by atoms with van der Waals surface area (Å²) in [6.07, 6.45) is 0.505. The molecule has 0 bridgehead atoms. The highest BCUT2D eigenvalue weighted by atomic mass is 32.2. The second kappa shape index (κ2) is 5.88. The summed E-state index contributed by atoms with van der Waals surface area (Å²) in [4.78, 5) is 10.2. The average Bonchev–Trinajstić information content (AvgIpc) is 1.80. The van der Waals surface area contributed by atoms with E-state index in [2.05, 4.69) is 4.72 Å². The fraction of sp³-hybridized carbons (Fsp3) is 0.800. The van der Waals surface area contributed by atoms with Gasteiger partial charge < -0.3 is 4.72 Å². The van der Waals surface area contributed by atoms with E-state index in [0.29, 0.717) is 12.2 Å². The molecule has 0 aromatic heterocycles. The fourth-order valence-electron chi connectivity index (χ4n) is 0.279. The van der Waals surface area contributed by atoms with E-state index in [-0.39, 0.29) is 12.6 Å². The first-order valence-electron chi connectivity index (χ1n) is 2.71. The zero-order valence-electron chi connectivity index (χ0n) is 5.32. The monoisotopic (exact) mass is 151 g/mol. The van der Waals surface area contributed by atoms with Gasteiger partial charge in [-0.15, -0.1) is 0 Å². The molecule has 1 amide bonds. The Kier molecular flexibility index (Phi) is 5.72. The van der Waals surface area contributed by atoms with Crippen LogP contribution in [0.25, 0.3) is 0 Å². The molecule has 0 unspecified atom stereocenters. The van der Waals surface area contributed by atoms with Crippen LogP contribution < -0.4 is 4.72 Å². The second-order valence-corrected chi connectivity index (χ2v) is 2.45. The number of halogens is 1. The van der Waals surface area contributed by atoms with Crippen LogP contribution in [0.4, 0.5) is 4.39 Å².